The number of nitrogens with zero attached hydrogens (tertiary/aromatic N) is 1. The van der Waals surface area contributed by atoms with Crippen LogP contribution in [0.4, 0.5) is 0 Å². The van der Waals surface area contributed by atoms with Gasteiger partial charge in [0.1, 0.15) is 0 Å². The third kappa shape index (κ3) is 7.70. The molecule has 1 N–H and O–H groups in total. The van der Waals surface area contributed by atoms with Crippen LogP contribution in [0.3, 0.4) is 0 Å². The number of rotatable bonds is 12. The molecule has 0 radical (unpaired) electrons. The molecular weight excluding hydrogens is 494 g/mol. The first-order valence-electron chi connectivity index (χ1n) is 13.6. The molecule has 0 heterocycles. The van der Waals surface area contributed by atoms with Crippen LogP contribution >= 0.6 is 11.8 Å². The quantitative estimate of drug-likeness (QED) is 0.165. The minimum absolute atomic E-state index is 0.116. The van der Waals surface area contributed by atoms with E-state index in [2.05, 4.69) is 144 Å². The lowest BCUT2D eigenvalue weighted by Crippen LogP contribution is -2.46. The van der Waals surface area contributed by atoms with Crippen molar-refractivity contribution in [1.29, 1.82) is 0 Å². The zero-order valence-electron chi connectivity index (χ0n) is 22.1. The van der Waals surface area contributed by atoms with Gasteiger partial charge in [0.15, 0.2) is 0 Å². The van der Waals surface area contributed by atoms with Crippen molar-refractivity contribution in [3.63, 3.8) is 0 Å². The Morgan fingerprint density at radius 2 is 0.923 bits per heavy atom. The van der Waals surface area contributed by atoms with Crippen LogP contribution in [0.25, 0.3) is 0 Å². The Bertz CT molecular complexity index is 1320. The van der Waals surface area contributed by atoms with Gasteiger partial charge in [-0.05, 0) is 40.8 Å². The monoisotopic (exact) mass is 529 g/mol. The Hall–Kier alpha value is -3.63. The molecule has 3 heteroatoms. The first-order chi connectivity index (χ1) is 19.3. The molecule has 0 aliphatic rings. The van der Waals surface area contributed by atoms with Crippen molar-refractivity contribution in [3.05, 3.63) is 174 Å². The molecular formula is C36H35NOS. The summed E-state index contributed by atoms with van der Waals surface area (Å²) < 4.78 is 0. The van der Waals surface area contributed by atoms with Crippen molar-refractivity contribution in [1.82, 2.24) is 4.90 Å². The molecule has 0 aromatic heterocycles. The summed E-state index contributed by atoms with van der Waals surface area (Å²) in [6, 6.07) is 52.5. The molecule has 0 amide bonds. The van der Waals surface area contributed by atoms with Crippen molar-refractivity contribution in [2.75, 3.05) is 0 Å². The van der Waals surface area contributed by atoms with Gasteiger partial charge in [0.25, 0.3) is 0 Å². The summed E-state index contributed by atoms with van der Waals surface area (Å²) in [6.07, 6.45) is 0.130. The Kier molecular flexibility index (Phi) is 9.65. The fourth-order valence-electron chi connectivity index (χ4n) is 5.07. The largest absolute Gasteiger partial charge is 0.390 e. The van der Waals surface area contributed by atoms with Gasteiger partial charge in [-0.3, -0.25) is 4.90 Å². The number of hydrogen-bond acceptors (Lipinski definition) is 3. The van der Waals surface area contributed by atoms with Gasteiger partial charge in [-0.1, -0.05) is 140 Å². The van der Waals surface area contributed by atoms with Gasteiger partial charge in [0, 0.05) is 24.0 Å². The van der Waals surface area contributed by atoms with Gasteiger partial charge in [0.05, 0.1) is 11.4 Å². The second-order valence-corrected chi connectivity index (χ2v) is 11.1. The molecule has 3 atom stereocenters. The SMILES string of the molecule is O[C@H](C(Sc1ccccc1)c1ccccc1)[C@H](Cc1ccccc1)N(Cc1ccccc1)Cc1ccccc1. The first-order valence-corrected chi connectivity index (χ1v) is 14.4. The van der Waals surface area contributed by atoms with Crippen LogP contribution in [0.1, 0.15) is 27.5 Å². The number of hydrogen-bond donors (Lipinski definition) is 1. The number of aliphatic hydroxyl groups excluding tert-OH is 1. The molecule has 0 saturated carbocycles. The van der Waals surface area contributed by atoms with Crippen LogP contribution in [-0.2, 0) is 19.5 Å². The highest BCUT2D eigenvalue weighted by Crippen LogP contribution is 2.40. The molecule has 0 saturated heterocycles. The highest BCUT2D eigenvalue weighted by atomic mass is 32.2. The fraction of sp³-hybridized carbons (Fsp3) is 0.167. The third-order valence-corrected chi connectivity index (χ3v) is 8.40. The van der Waals surface area contributed by atoms with E-state index in [1.165, 1.54) is 16.7 Å². The predicted molar refractivity (Wildman–Crippen MR) is 164 cm³/mol. The van der Waals surface area contributed by atoms with Gasteiger partial charge in [-0.2, -0.15) is 0 Å². The molecule has 5 aromatic rings. The van der Waals surface area contributed by atoms with E-state index in [9.17, 15) is 5.11 Å². The van der Waals surface area contributed by atoms with Crippen LogP contribution in [0.5, 0.6) is 0 Å². The normalized spacial score (nSPS) is 13.6. The molecule has 0 spiro atoms. The van der Waals surface area contributed by atoms with E-state index in [0.29, 0.717) is 0 Å². The molecule has 5 rings (SSSR count). The van der Waals surface area contributed by atoms with E-state index in [1.54, 1.807) is 11.8 Å². The Labute approximate surface area is 237 Å². The molecule has 1 unspecified atom stereocenters. The van der Waals surface area contributed by atoms with Gasteiger partial charge >= 0.3 is 0 Å². The maximum atomic E-state index is 12.4. The minimum atomic E-state index is -0.620. The van der Waals surface area contributed by atoms with Gasteiger partial charge in [-0.15, -0.1) is 11.8 Å². The minimum Gasteiger partial charge on any atom is -0.390 e. The zero-order valence-corrected chi connectivity index (χ0v) is 22.9. The summed E-state index contributed by atoms with van der Waals surface area (Å²) in [6.45, 7) is 1.50. The summed E-state index contributed by atoms with van der Waals surface area (Å²) >= 11 is 1.74. The van der Waals surface area contributed by atoms with Crippen LogP contribution < -0.4 is 0 Å². The van der Waals surface area contributed by atoms with Crippen molar-refractivity contribution in [2.24, 2.45) is 0 Å². The predicted octanol–water partition coefficient (Wildman–Crippen LogP) is 8.19. The van der Waals surface area contributed by atoms with Crippen molar-refractivity contribution in [2.45, 2.75) is 41.8 Å². The van der Waals surface area contributed by atoms with E-state index >= 15 is 0 Å². The molecule has 0 aliphatic heterocycles. The summed E-state index contributed by atoms with van der Waals surface area (Å²) in [5.74, 6) is 0. The fourth-order valence-corrected chi connectivity index (χ4v) is 6.29. The second-order valence-electron chi connectivity index (χ2n) is 9.89. The van der Waals surface area contributed by atoms with Crippen LogP contribution in [0.2, 0.25) is 0 Å². The summed E-state index contributed by atoms with van der Waals surface area (Å²) in [4.78, 5) is 3.62. The Morgan fingerprint density at radius 3 is 1.41 bits per heavy atom. The van der Waals surface area contributed by atoms with Gasteiger partial charge in [-0.25, -0.2) is 0 Å². The first kappa shape index (κ1) is 27.0. The number of thioether (sulfide) groups is 1. The lowest BCUT2D eigenvalue weighted by Gasteiger charge is -2.38. The maximum Gasteiger partial charge on any atom is 0.0861 e. The van der Waals surface area contributed by atoms with Gasteiger partial charge in [0.2, 0.25) is 0 Å². The molecule has 196 valence electrons. The van der Waals surface area contributed by atoms with Crippen molar-refractivity contribution < 1.29 is 5.11 Å². The van der Waals surface area contributed by atoms with E-state index in [0.717, 1.165) is 30.0 Å². The molecule has 0 fully saturated rings. The standard InChI is InChI=1S/C36H35NOS/c38-35(36(32-22-12-4-13-23-32)39-33-24-14-5-15-25-33)34(26-29-16-6-1-7-17-29)37(27-30-18-8-2-9-19-30)28-31-20-10-3-11-21-31/h1-25,34-36,38H,26-28H2/t34-,35-,36?/m0/s1. The molecule has 2 nitrogen and oxygen atoms in total. The summed E-state index contributed by atoms with van der Waals surface area (Å²) in [5.41, 5.74) is 4.84. The van der Waals surface area contributed by atoms with Gasteiger partial charge < -0.3 is 5.11 Å². The lowest BCUT2D eigenvalue weighted by molar-refractivity contribution is 0.0376. The Morgan fingerprint density at radius 1 is 0.513 bits per heavy atom. The average Bonchev–Trinajstić information content (AvgIpc) is 3.00. The maximum absolute atomic E-state index is 12.4. The molecule has 5 aromatic carbocycles. The van der Waals surface area contributed by atoms with E-state index < -0.39 is 6.10 Å². The highest BCUT2D eigenvalue weighted by Gasteiger charge is 2.34. The Balaban J connectivity index is 1.55. The smallest absolute Gasteiger partial charge is 0.0861 e. The topological polar surface area (TPSA) is 23.5 Å². The third-order valence-electron chi connectivity index (χ3n) is 7.05. The molecule has 0 aliphatic carbocycles. The number of aliphatic hydroxyl groups is 1. The van der Waals surface area contributed by atoms with Crippen LogP contribution in [0, 0.1) is 0 Å². The van der Waals surface area contributed by atoms with E-state index in [4.69, 9.17) is 0 Å². The van der Waals surface area contributed by atoms with E-state index in [1.807, 2.05) is 12.1 Å². The van der Waals surface area contributed by atoms with Crippen LogP contribution in [-0.4, -0.2) is 22.2 Å². The molecule has 39 heavy (non-hydrogen) atoms. The van der Waals surface area contributed by atoms with Crippen molar-refractivity contribution >= 4 is 11.8 Å². The summed E-state index contributed by atoms with van der Waals surface area (Å²) in [7, 11) is 0. The summed E-state index contributed by atoms with van der Waals surface area (Å²) in [5, 5.41) is 12.3. The van der Waals surface area contributed by atoms with Crippen LogP contribution in [0.15, 0.2) is 157 Å². The molecule has 0 bridgehead atoms. The zero-order chi connectivity index (χ0) is 26.7. The lowest BCUT2D eigenvalue weighted by atomic mass is 9.93. The van der Waals surface area contributed by atoms with E-state index in [-0.39, 0.29) is 11.3 Å². The number of benzene rings is 5. The average molecular weight is 530 g/mol. The second kappa shape index (κ2) is 14.0. The van der Waals surface area contributed by atoms with Crippen molar-refractivity contribution in [3.8, 4) is 0 Å². The highest BCUT2D eigenvalue weighted by molar-refractivity contribution is 7.99.